The highest BCUT2D eigenvalue weighted by Crippen LogP contribution is 2.20. The third kappa shape index (κ3) is 6.48. The Morgan fingerprint density at radius 3 is 2.60 bits per heavy atom. The van der Waals surface area contributed by atoms with Crippen molar-refractivity contribution >= 4 is 34.6 Å². The number of benzene rings is 1. The van der Waals surface area contributed by atoms with Crippen molar-refractivity contribution in [2.45, 2.75) is 24.9 Å². The van der Waals surface area contributed by atoms with E-state index in [0.29, 0.717) is 18.5 Å². The number of rotatable bonds is 11. The second-order valence-corrected chi connectivity index (χ2v) is 6.63. The molecule has 161 valence electrons. The van der Waals surface area contributed by atoms with Gasteiger partial charge in [0.05, 0.1) is 13.1 Å². The largest absolute Gasteiger partial charge is 0.480 e. The molecule has 0 fully saturated rings. The number of carboxylic acid groups (broad SMARTS) is 1. The maximum absolute atomic E-state index is 12.7. The molecule has 0 bridgehead atoms. The number of amides is 2. The van der Waals surface area contributed by atoms with Gasteiger partial charge in [-0.2, -0.15) is 0 Å². The minimum atomic E-state index is -1.29. The van der Waals surface area contributed by atoms with Gasteiger partial charge in [0.25, 0.3) is 0 Å². The summed E-state index contributed by atoms with van der Waals surface area (Å²) in [6.45, 7) is 0.0871. The van der Waals surface area contributed by atoms with Gasteiger partial charge in [-0.1, -0.05) is 18.2 Å². The Hall–Kier alpha value is -3.60. The molecule has 1 heterocycles. The molecule has 0 aliphatic heterocycles. The summed E-state index contributed by atoms with van der Waals surface area (Å²) < 4.78 is 0. The van der Waals surface area contributed by atoms with Crippen LogP contribution in [-0.4, -0.2) is 59.0 Å². The molecule has 11 N–H and O–H groups in total. The van der Waals surface area contributed by atoms with Gasteiger partial charge >= 0.3 is 11.9 Å². The Bertz CT molecular complexity index is 920. The molecule has 1 aromatic carbocycles. The molecule has 30 heavy (non-hydrogen) atoms. The fourth-order valence-corrected chi connectivity index (χ4v) is 2.90. The van der Waals surface area contributed by atoms with Crippen molar-refractivity contribution in [1.29, 1.82) is 0 Å². The Labute approximate surface area is 173 Å². The van der Waals surface area contributed by atoms with Crippen molar-refractivity contribution in [2.75, 3.05) is 13.1 Å². The minimum Gasteiger partial charge on any atom is -0.480 e. The Morgan fingerprint density at radius 1 is 1.20 bits per heavy atom. The Morgan fingerprint density at radius 2 is 1.93 bits per heavy atom. The number of hydrogen-bond acceptors (Lipinski definition) is 4. The zero-order valence-electron chi connectivity index (χ0n) is 16.4. The third-order valence-corrected chi connectivity index (χ3v) is 4.37. The van der Waals surface area contributed by atoms with Gasteiger partial charge in [0.2, 0.25) is 11.8 Å². The number of fused-ring (bicyclic) bond motifs is 1. The molecule has 2 atom stereocenters. The molecular weight excluding hydrogens is 390 g/mol. The first-order valence-electron chi connectivity index (χ1n) is 9.37. The van der Waals surface area contributed by atoms with E-state index in [4.69, 9.17) is 17.2 Å². The molecule has 11 nitrogen and oxygen atoms in total. The molecule has 0 saturated carbocycles. The number of hydrogen-bond donors (Lipinski definition) is 8. The highest BCUT2D eigenvalue weighted by Gasteiger charge is 2.27. The lowest BCUT2D eigenvalue weighted by Crippen LogP contribution is -2.78. The molecule has 11 heteroatoms. The van der Waals surface area contributed by atoms with Crippen molar-refractivity contribution in [2.24, 2.45) is 17.2 Å². The summed E-state index contributed by atoms with van der Waals surface area (Å²) in [5, 5.41) is 15.4. The summed E-state index contributed by atoms with van der Waals surface area (Å²) in [7, 11) is 0. The molecule has 2 rings (SSSR count). The van der Waals surface area contributed by atoms with E-state index in [9.17, 15) is 19.5 Å². The van der Waals surface area contributed by atoms with Crippen LogP contribution in [0.2, 0.25) is 0 Å². The van der Waals surface area contributed by atoms with Crippen LogP contribution in [-0.2, 0) is 14.4 Å². The van der Waals surface area contributed by atoms with Crippen LogP contribution in [0, 0.1) is 6.42 Å². The summed E-state index contributed by atoms with van der Waals surface area (Å²) in [6.07, 6.45) is 3.79. The maximum Gasteiger partial charge on any atom is 0.338 e. The number of nitrogens with one attached hydrogen (secondary N) is 4. The molecule has 1 aromatic heterocycles. The standard InChI is InChI=1S/C19H26N7O4/c20-9-16(27)25-14(6-3-7-23-19(21)22)17(28)26-15(18(29)30)8-11-10-24-13-5-2-1-4-12(11)13/h1-2,4-5,8,10,14-15,24H,3,6-7,9,20H2,(H,25,27)(H,26,28)(H,29,30)(H4,21,22,23)/p+1. The molecule has 2 unspecified atom stereocenters. The number of H-pyrrole nitrogens is 1. The molecule has 0 spiro atoms. The van der Waals surface area contributed by atoms with Crippen LogP contribution in [0.3, 0.4) is 0 Å². The van der Waals surface area contributed by atoms with E-state index in [1.807, 2.05) is 24.3 Å². The maximum atomic E-state index is 12.7. The van der Waals surface area contributed by atoms with Crippen LogP contribution >= 0.6 is 0 Å². The summed E-state index contributed by atoms with van der Waals surface area (Å²) in [6, 6.07) is 5.14. The highest BCUT2D eigenvalue weighted by atomic mass is 16.4. The molecule has 0 saturated heterocycles. The van der Waals surface area contributed by atoms with Crippen molar-refractivity contribution in [3.8, 4) is 0 Å². The summed E-state index contributed by atoms with van der Waals surface area (Å²) in [4.78, 5) is 41.9. The van der Waals surface area contributed by atoms with Gasteiger partial charge in [-0.25, -0.2) is 4.79 Å². The number of carbonyl (C=O) groups excluding carboxylic acids is 2. The Kier molecular flexibility index (Phi) is 8.18. The van der Waals surface area contributed by atoms with Crippen molar-refractivity contribution in [3.63, 3.8) is 0 Å². The predicted octanol–water partition coefficient (Wildman–Crippen LogP) is -3.13. The number of aromatic nitrogens is 1. The number of carbonyl (C=O) groups is 3. The van der Waals surface area contributed by atoms with E-state index in [-0.39, 0.29) is 18.9 Å². The quantitative estimate of drug-likeness (QED) is 0.107. The van der Waals surface area contributed by atoms with E-state index in [2.05, 4.69) is 20.6 Å². The predicted molar refractivity (Wildman–Crippen MR) is 111 cm³/mol. The van der Waals surface area contributed by atoms with Crippen molar-refractivity contribution in [1.82, 2.24) is 15.6 Å². The van der Waals surface area contributed by atoms with Gasteiger partial charge in [-0.05, 0) is 24.5 Å². The smallest absolute Gasteiger partial charge is 0.338 e. The van der Waals surface area contributed by atoms with E-state index >= 15 is 0 Å². The van der Waals surface area contributed by atoms with Crippen LogP contribution in [0.25, 0.3) is 10.9 Å². The number of guanidine groups is 1. The highest BCUT2D eigenvalue weighted by molar-refractivity contribution is 5.92. The lowest BCUT2D eigenvalue weighted by molar-refractivity contribution is -0.459. The van der Waals surface area contributed by atoms with Crippen molar-refractivity contribution < 1.29 is 24.5 Å². The summed E-state index contributed by atoms with van der Waals surface area (Å²) in [5.74, 6) is -2.35. The van der Waals surface area contributed by atoms with Crippen LogP contribution in [0.5, 0.6) is 0 Å². The fourth-order valence-electron chi connectivity index (χ4n) is 2.90. The van der Waals surface area contributed by atoms with Crippen LogP contribution in [0.1, 0.15) is 18.4 Å². The zero-order valence-corrected chi connectivity index (χ0v) is 16.4. The number of carboxylic acids is 1. The topological polar surface area (TPSA) is 203 Å². The zero-order chi connectivity index (χ0) is 22.1. The van der Waals surface area contributed by atoms with Gasteiger partial charge in [0.1, 0.15) is 12.1 Å². The number of nitrogens with two attached hydrogens (primary N) is 3. The SMILES string of the molecule is NCC(=O)NC(CCC[NH+]=C(N)N)C(=O)NC([CH]c1c[nH]c2ccccc12)C(=O)O. The lowest BCUT2D eigenvalue weighted by Gasteiger charge is -2.21. The normalized spacial score (nSPS) is 12.7. The summed E-state index contributed by atoms with van der Waals surface area (Å²) in [5.41, 5.74) is 17.4. The Balaban J connectivity index is 2.09. The monoisotopic (exact) mass is 417 g/mol. The average molecular weight is 417 g/mol. The molecule has 0 aliphatic carbocycles. The first kappa shape index (κ1) is 22.7. The number of aromatic amines is 1. The molecule has 2 amide bonds. The second-order valence-electron chi connectivity index (χ2n) is 6.63. The number of para-hydroxylation sites is 1. The minimum absolute atomic E-state index is 0.0428. The van der Waals surface area contributed by atoms with E-state index in [0.717, 1.165) is 10.9 Å². The van der Waals surface area contributed by atoms with E-state index in [1.165, 1.54) is 6.42 Å². The van der Waals surface area contributed by atoms with Crippen LogP contribution < -0.4 is 32.8 Å². The van der Waals surface area contributed by atoms with Gasteiger partial charge in [0, 0.05) is 23.5 Å². The van der Waals surface area contributed by atoms with Gasteiger partial charge < -0.3 is 26.5 Å². The molecule has 0 aliphatic rings. The van der Waals surface area contributed by atoms with E-state index < -0.39 is 29.9 Å². The van der Waals surface area contributed by atoms with Crippen LogP contribution in [0.4, 0.5) is 0 Å². The van der Waals surface area contributed by atoms with Crippen molar-refractivity contribution in [3.05, 3.63) is 42.4 Å². The lowest BCUT2D eigenvalue weighted by atomic mass is 10.0. The molecule has 1 radical (unpaired) electrons. The van der Waals surface area contributed by atoms with Gasteiger partial charge in [-0.3, -0.25) is 26.0 Å². The van der Waals surface area contributed by atoms with Gasteiger partial charge in [-0.15, -0.1) is 0 Å². The molecular formula is C19H27N7O4+. The first-order chi connectivity index (χ1) is 14.3. The van der Waals surface area contributed by atoms with Gasteiger partial charge in [0.15, 0.2) is 0 Å². The third-order valence-electron chi connectivity index (χ3n) is 4.37. The summed E-state index contributed by atoms with van der Waals surface area (Å²) >= 11 is 0. The average Bonchev–Trinajstić information content (AvgIpc) is 3.12. The second kappa shape index (κ2) is 10.8. The van der Waals surface area contributed by atoms with Crippen LogP contribution in [0.15, 0.2) is 30.5 Å². The van der Waals surface area contributed by atoms with E-state index in [1.54, 1.807) is 6.20 Å². The fraction of sp³-hybridized carbons (Fsp3) is 0.316. The first-order valence-corrected chi connectivity index (χ1v) is 9.37. The number of aliphatic carboxylic acids is 1. The molecule has 2 aromatic rings.